The summed E-state index contributed by atoms with van der Waals surface area (Å²) >= 11 is 0. The number of aromatic nitrogens is 4. The molecule has 2 aromatic heterocycles. The van der Waals surface area contributed by atoms with Gasteiger partial charge < -0.3 is 5.73 Å². The molecule has 0 saturated heterocycles. The minimum absolute atomic E-state index is 0.322. The predicted molar refractivity (Wildman–Crippen MR) is 76.9 cm³/mol. The topological polar surface area (TPSA) is 89.6 Å². The number of nitrogen functional groups attached to an aromatic ring is 1. The van der Waals surface area contributed by atoms with Gasteiger partial charge in [-0.3, -0.25) is 9.48 Å². The molecule has 106 valence electrons. The Balaban J connectivity index is 2.28. The zero-order chi connectivity index (χ0) is 15.0. The van der Waals surface area contributed by atoms with Crippen LogP contribution in [0.15, 0.2) is 41.2 Å². The Kier molecular flexibility index (Phi) is 3.02. The number of hydrogen-bond donors (Lipinski definition) is 2. The lowest BCUT2D eigenvalue weighted by molar-refractivity contribution is 0.631. The SMILES string of the molecule is Cn1nc(-c2ccc(=O)[nH]n2)c(-c2ccccc2F)c1N. The lowest BCUT2D eigenvalue weighted by Gasteiger charge is -2.04. The van der Waals surface area contributed by atoms with E-state index in [0.717, 1.165) is 0 Å². The molecule has 6 nitrogen and oxygen atoms in total. The van der Waals surface area contributed by atoms with Gasteiger partial charge >= 0.3 is 0 Å². The van der Waals surface area contributed by atoms with Crippen LogP contribution in [-0.2, 0) is 7.05 Å². The van der Waals surface area contributed by atoms with Crippen molar-refractivity contribution in [1.29, 1.82) is 0 Å². The van der Waals surface area contributed by atoms with E-state index in [1.165, 1.54) is 22.9 Å². The van der Waals surface area contributed by atoms with Crippen molar-refractivity contribution in [2.45, 2.75) is 0 Å². The minimum atomic E-state index is -0.400. The zero-order valence-corrected chi connectivity index (χ0v) is 11.2. The third kappa shape index (κ3) is 2.18. The van der Waals surface area contributed by atoms with Gasteiger partial charge in [0, 0.05) is 18.7 Å². The number of hydrogen-bond acceptors (Lipinski definition) is 4. The van der Waals surface area contributed by atoms with Gasteiger partial charge in [0.1, 0.15) is 23.0 Å². The number of aromatic amines is 1. The first kappa shape index (κ1) is 13.0. The molecule has 7 heteroatoms. The number of anilines is 1. The van der Waals surface area contributed by atoms with E-state index in [9.17, 15) is 9.18 Å². The van der Waals surface area contributed by atoms with Crippen LogP contribution in [0.1, 0.15) is 0 Å². The molecule has 0 atom stereocenters. The number of rotatable bonds is 2. The smallest absolute Gasteiger partial charge is 0.264 e. The maximum Gasteiger partial charge on any atom is 0.264 e. The first-order chi connectivity index (χ1) is 10.1. The van der Waals surface area contributed by atoms with Crippen LogP contribution in [0.5, 0.6) is 0 Å². The second-order valence-corrected chi connectivity index (χ2v) is 4.52. The summed E-state index contributed by atoms with van der Waals surface area (Å²) in [7, 11) is 1.66. The van der Waals surface area contributed by atoms with Crippen molar-refractivity contribution in [3.05, 3.63) is 52.6 Å². The van der Waals surface area contributed by atoms with Gasteiger partial charge in [0.25, 0.3) is 5.56 Å². The second-order valence-electron chi connectivity index (χ2n) is 4.52. The Bertz CT molecular complexity index is 848. The summed E-state index contributed by atoms with van der Waals surface area (Å²) in [6, 6.07) is 9.14. The molecule has 0 fully saturated rings. The monoisotopic (exact) mass is 285 g/mol. The van der Waals surface area contributed by atoms with E-state index in [1.54, 1.807) is 25.2 Å². The molecule has 3 N–H and O–H groups in total. The highest BCUT2D eigenvalue weighted by Gasteiger charge is 2.20. The van der Waals surface area contributed by atoms with Crippen LogP contribution in [0, 0.1) is 5.82 Å². The van der Waals surface area contributed by atoms with Gasteiger partial charge in [0.15, 0.2) is 0 Å². The number of nitrogens with one attached hydrogen (secondary N) is 1. The van der Waals surface area contributed by atoms with Crippen LogP contribution >= 0.6 is 0 Å². The van der Waals surface area contributed by atoms with Gasteiger partial charge in [0.2, 0.25) is 0 Å². The van der Waals surface area contributed by atoms with Crippen molar-refractivity contribution in [3.63, 3.8) is 0 Å². The number of nitrogens with two attached hydrogens (primary N) is 1. The summed E-state index contributed by atoms with van der Waals surface area (Å²) in [6.45, 7) is 0. The third-order valence-corrected chi connectivity index (χ3v) is 3.16. The van der Waals surface area contributed by atoms with Gasteiger partial charge in [0.05, 0.1) is 5.56 Å². The summed E-state index contributed by atoms with van der Waals surface area (Å²) in [5.41, 5.74) is 7.30. The second kappa shape index (κ2) is 4.86. The molecule has 0 unspecified atom stereocenters. The van der Waals surface area contributed by atoms with E-state index in [0.29, 0.717) is 28.3 Å². The third-order valence-electron chi connectivity index (χ3n) is 3.16. The fraction of sp³-hybridized carbons (Fsp3) is 0.0714. The number of H-pyrrole nitrogens is 1. The van der Waals surface area contributed by atoms with Crippen molar-refractivity contribution in [2.24, 2.45) is 7.05 Å². The lowest BCUT2D eigenvalue weighted by atomic mass is 10.0. The highest BCUT2D eigenvalue weighted by molar-refractivity contribution is 5.87. The van der Waals surface area contributed by atoms with Crippen LogP contribution in [0.25, 0.3) is 22.5 Å². The normalized spacial score (nSPS) is 10.8. The quantitative estimate of drug-likeness (QED) is 0.747. The molecule has 0 aliphatic heterocycles. The number of aryl methyl sites for hydroxylation is 1. The van der Waals surface area contributed by atoms with Crippen molar-refractivity contribution in [1.82, 2.24) is 20.0 Å². The number of benzene rings is 1. The Morgan fingerprint density at radius 3 is 2.67 bits per heavy atom. The van der Waals surface area contributed by atoms with Crippen molar-refractivity contribution in [3.8, 4) is 22.5 Å². The van der Waals surface area contributed by atoms with E-state index in [-0.39, 0.29) is 5.56 Å². The Hall–Kier alpha value is -2.96. The molecule has 0 bridgehead atoms. The average molecular weight is 285 g/mol. The van der Waals surface area contributed by atoms with Gasteiger partial charge in [-0.1, -0.05) is 18.2 Å². The standard InChI is InChI=1S/C14H12FN5O/c1-20-14(16)12(8-4-2-3-5-9(8)15)13(19-20)10-6-7-11(21)18-17-10/h2-7H,16H2,1H3,(H,18,21). The Labute approximate surface area is 119 Å². The van der Waals surface area contributed by atoms with E-state index in [2.05, 4.69) is 15.3 Å². The molecule has 3 rings (SSSR count). The van der Waals surface area contributed by atoms with Crippen LogP contribution in [0.3, 0.4) is 0 Å². The average Bonchev–Trinajstić information content (AvgIpc) is 2.77. The van der Waals surface area contributed by atoms with Gasteiger partial charge in [-0.05, 0) is 12.1 Å². The molecule has 2 heterocycles. The molecular weight excluding hydrogens is 273 g/mol. The van der Waals surface area contributed by atoms with Crippen molar-refractivity contribution >= 4 is 5.82 Å². The predicted octanol–water partition coefficient (Wildman–Crippen LogP) is 1.56. The highest BCUT2D eigenvalue weighted by atomic mass is 19.1. The molecule has 0 radical (unpaired) electrons. The van der Waals surface area contributed by atoms with Crippen LogP contribution in [0.2, 0.25) is 0 Å². The molecule has 21 heavy (non-hydrogen) atoms. The Morgan fingerprint density at radius 1 is 1.24 bits per heavy atom. The van der Waals surface area contributed by atoms with Crippen LogP contribution in [0.4, 0.5) is 10.2 Å². The number of nitrogens with zero attached hydrogens (tertiary/aromatic N) is 3. The van der Waals surface area contributed by atoms with E-state index in [1.807, 2.05) is 0 Å². The molecule has 0 aliphatic carbocycles. The van der Waals surface area contributed by atoms with Gasteiger partial charge in [-0.25, -0.2) is 9.49 Å². The van der Waals surface area contributed by atoms with E-state index in [4.69, 9.17) is 5.73 Å². The maximum atomic E-state index is 14.1. The summed E-state index contributed by atoms with van der Waals surface area (Å²) in [5.74, 6) is -0.0778. The lowest BCUT2D eigenvalue weighted by Crippen LogP contribution is -2.06. The van der Waals surface area contributed by atoms with Crippen LogP contribution < -0.4 is 11.3 Å². The molecule has 0 aliphatic rings. The molecule has 0 saturated carbocycles. The molecule has 0 amide bonds. The molecule has 3 aromatic rings. The molecule has 0 spiro atoms. The summed E-state index contributed by atoms with van der Waals surface area (Å²) in [4.78, 5) is 11.1. The van der Waals surface area contributed by atoms with Gasteiger partial charge in [-0.2, -0.15) is 10.2 Å². The molecular formula is C14H12FN5O. The first-order valence-corrected chi connectivity index (χ1v) is 6.21. The first-order valence-electron chi connectivity index (χ1n) is 6.21. The maximum absolute atomic E-state index is 14.1. The summed E-state index contributed by atoms with van der Waals surface area (Å²) < 4.78 is 15.5. The summed E-state index contributed by atoms with van der Waals surface area (Å²) in [5, 5.41) is 10.5. The van der Waals surface area contributed by atoms with Crippen molar-refractivity contribution in [2.75, 3.05) is 5.73 Å². The van der Waals surface area contributed by atoms with Crippen LogP contribution in [-0.4, -0.2) is 20.0 Å². The fourth-order valence-corrected chi connectivity index (χ4v) is 2.12. The fourth-order valence-electron chi connectivity index (χ4n) is 2.12. The zero-order valence-electron chi connectivity index (χ0n) is 11.2. The summed E-state index contributed by atoms with van der Waals surface area (Å²) in [6.07, 6.45) is 0. The Morgan fingerprint density at radius 2 is 2.00 bits per heavy atom. The molecule has 1 aromatic carbocycles. The highest BCUT2D eigenvalue weighted by Crippen LogP contribution is 2.35. The van der Waals surface area contributed by atoms with E-state index >= 15 is 0 Å². The minimum Gasteiger partial charge on any atom is -0.383 e. The number of halogens is 1. The van der Waals surface area contributed by atoms with E-state index < -0.39 is 5.82 Å². The largest absolute Gasteiger partial charge is 0.383 e. The van der Waals surface area contributed by atoms with Gasteiger partial charge in [-0.15, -0.1) is 0 Å². The van der Waals surface area contributed by atoms with Crippen molar-refractivity contribution < 1.29 is 4.39 Å².